The second-order valence-corrected chi connectivity index (χ2v) is 10.8. The van der Waals surface area contributed by atoms with Crippen LogP contribution in [0.15, 0.2) is 47.1 Å². The normalized spacial score (nSPS) is 21.1. The summed E-state index contributed by atoms with van der Waals surface area (Å²) in [4.78, 5) is 17.4. The van der Waals surface area contributed by atoms with Crippen molar-refractivity contribution < 1.29 is 22.7 Å². The Hall–Kier alpha value is -2.45. The molecule has 0 amide bonds. The maximum absolute atomic E-state index is 12.9. The number of benzene rings is 1. The predicted molar refractivity (Wildman–Crippen MR) is 112 cm³/mol. The van der Waals surface area contributed by atoms with Gasteiger partial charge >= 0.3 is 5.97 Å². The molecule has 1 fully saturated rings. The molecule has 1 aromatic carbocycles. The van der Waals surface area contributed by atoms with E-state index in [1.807, 2.05) is 30.3 Å². The van der Waals surface area contributed by atoms with Gasteiger partial charge < -0.3 is 9.52 Å². The third-order valence-corrected chi connectivity index (χ3v) is 9.47. The zero-order valence-electron chi connectivity index (χ0n) is 15.9. The Kier molecular flexibility index (Phi) is 5.08. The van der Waals surface area contributed by atoms with Crippen molar-refractivity contribution in [1.82, 2.24) is 4.98 Å². The first-order chi connectivity index (χ1) is 13.8. The first-order valence-corrected chi connectivity index (χ1v) is 11.8. The van der Waals surface area contributed by atoms with Crippen LogP contribution in [-0.2, 0) is 19.4 Å². The van der Waals surface area contributed by atoms with Gasteiger partial charge in [-0.2, -0.15) is 0 Å². The van der Waals surface area contributed by atoms with Crippen molar-refractivity contribution in [2.75, 3.05) is 5.75 Å². The van der Waals surface area contributed by atoms with Crippen LogP contribution in [0.1, 0.15) is 36.5 Å². The molecule has 0 radical (unpaired) electrons. The lowest BCUT2D eigenvalue weighted by Crippen LogP contribution is -2.41. The van der Waals surface area contributed by atoms with Crippen molar-refractivity contribution in [2.45, 2.75) is 37.4 Å². The van der Waals surface area contributed by atoms with E-state index in [9.17, 15) is 18.3 Å². The lowest BCUT2D eigenvalue weighted by Gasteiger charge is -2.34. The van der Waals surface area contributed by atoms with Gasteiger partial charge in [0.1, 0.15) is 16.7 Å². The Morgan fingerprint density at radius 2 is 1.90 bits per heavy atom. The second kappa shape index (κ2) is 7.42. The van der Waals surface area contributed by atoms with Crippen molar-refractivity contribution in [1.29, 1.82) is 0 Å². The summed E-state index contributed by atoms with van der Waals surface area (Å²) in [6.07, 6.45) is 2.87. The van der Waals surface area contributed by atoms with E-state index in [2.05, 4.69) is 4.98 Å². The SMILES string of the molecule is Cc1nc(-c2ccc(-c3ccc([C@@]4(CC(=O)O)CCCCS4(=O)=O)s3)cc2)co1. The molecule has 0 saturated carbocycles. The van der Waals surface area contributed by atoms with Crippen molar-refractivity contribution in [3.05, 3.63) is 53.4 Å². The van der Waals surface area contributed by atoms with Crippen LogP contribution in [0.5, 0.6) is 0 Å². The average molecular weight is 432 g/mol. The van der Waals surface area contributed by atoms with Gasteiger partial charge in [0.05, 0.1) is 12.2 Å². The summed E-state index contributed by atoms with van der Waals surface area (Å²) in [7, 11) is -3.53. The fraction of sp³-hybridized carbons (Fsp3) is 0.333. The molecule has 4 rings (SSSR count). The summed E-state index contributed by atoms with van der Waals surface area (Å²) >= 11 is 1.36. The number of nitrogens with zero attached hydrogens (tertiary/aromatic N) is 1. The molecule has 3 heterocycles. The van der Waals surface area contributed by atoms with Gasteiger partial charge in [0.2, 0.25) is 0 Å². The first kappa shape index (κ1) is 19.8. The van der Waals surface area contributed by atoms with Crippen molar-refractivity contribution in [2.24, 2.45) is 0 Å². The topological polar surface area (TPSA) is 97.5 Å². The minimum absolute atomic E-state index is 0.0410. The van der Waals surface area contributed by atoms with Crippen LogP contribution in [0, 0.1) is 6.92 Å². The van der Waals surface area contributed by atoms with E-state index < -0.39 is 20.6 Å². The number of thiophene rings is 1. The van der Waals surface area contributed by atoms with E-state index in [4.69, 9.17) is 4.42 Å². The summed E-state index contributed by atoms with van der Waals surface area (Å²) in [5.41, 5.74) is 2.64. The lowest BCUT2D eigenvalue weighted by molar-refractivity contribution is -0.137. The van der Waals surface area contributed by atoms with Gasteiger partial charge in [-0.15, -0.1) is 11.3 Å². The Bertz CT molecular complexity index is 1140. The molecule has 8 heteroatoms. The maximum Gasteiger partial charge on any atom is 0.305 e. The van der Waals surface area contributed by atoms with Crippen LogP contribution in [0.4, 0.5) is 0 Å². The molecule has 0 bridgehead atoms. The summed E-state index contributed by atoms with van der Waals surface area (Å²) in [6.45, 7) is 1.79. The molecule has 1 aliphatic rings. The van der Waals surface area contributed by atoms with Crippen LogP contribution in [0.3, 0.4) is 0 Å². The number of carbonyl (C=O) groups is 1. The van der Waals surface area contributed by atoms with E-state index in [0.717, 1.165) is 21.7 Å². The number of sulfone groups is 1. The minimum Gasteiger partial charge on any atom is -0.481 e. The summed E-state index contributed by atoms with van der Waals surface area (Å²) in [5, 5.41) is 9.42. The number of oxazole rings is 1. The minimum atomic E-state index is -3.53. The highest BCUT2D eigenvalue weighted by atomic mass is 32.2. The standard InChI is InChI=1S/C21H21NO5S2/c1-14-22-17(13-27-14)15-4-6-16(7-5-15)18-8-9-19(28-18)21(12-20(23)24)10-2-3-11-29(21,25)26/h4-9,13H,2-3,10-12H2,1H3,(H,23,24)/t21-/m0/s1. The number of aromatic nitrogens is 1. The van der Waals surface area contributed by atoms with Gasteiger partial charge in [-0.1, -0.05) is 30.7 Å². The maximum atomic E-state index is 12.9. The van der Waals surface area contributed by atoms with Crippen LogP contribution < -0.4 is 0 Å². The van der Waals surface area contributed by atoms with E-state index in [-0.39, 0.29) is 12.2 Å². The smallest absolute Gasteiger partial charge is 0.305 e. The fourth-order valence-electron chi connectivity index (χ4n) is 3.90. The Balaban J connectivity index is 1.68. The molecule has 6 nitrogen and oxygen atoms in total. The second-order valence-electron chi connectivity index (χ2n) is 7.33. The number of hydrogen-bond acceptors (Lipinski definition) is 6. The average Bonchev–Trinajstić information content (AvgIpc) is 3.33. The number of rotatable bonds is 5. The monoisotopic (exact) mass is 431 g/mol. The molecular weight excluding hydrogens is 410 g/mol. The van der Waals surface area contributed by atoms with Gasteiger partial charge in [-0.25, -0.2) is 13.4 Å². The number of carboxylic acid groups (broad SMARTS) is 1. The first-order valence-electron chi connectivity index (χ1n) is 9.38. The van der Waals surface area contributed by atoms with E-state index >= 15 is 0 Å². The molecule has 1 atom stereocenters. The molecule has 0 unspecified atom stereocenters. The highest BCUT2D eigenvalue weighted by Gasteiger charge is 2.49. The summed E-state index contributed by atoms with van der Waals surface area (Å²) in [6, 6.07) is 11.4. The highest BCUT2D eigenvalue weighted by Crippen LogP contribution is 2.47. The van der Waals surface area contributed by atoms with Gasteiger partial charge in [0.25, 0.3) is 0 Å². The van der Waals surface area contributed by atoms with Gasteiger partial charge in [-0.3, -0.25) is 4.79 Å². The zero-order chi connectivity index (χ0) is 20.6. The Morgan fingerprint density at radius 3 is 2.52 bits per heavy atom. The number of hydrogen-bond donors (Lipinski definition) is 1. The van der Waals surface area contributed by atoms with E-state index in [0.29, 0.717) is 30.0 Å². The van der Waals surface area contributed by atoms with Gasteiger partial charge in [0, 0.05) is 22.2 Å². The molecule has 0 spiro atoms. The van der Waals surface area contributed by atoms with Crippen LogP contribution in [0.25, 0.3) is 21.7 Å². The Morgan fingerprint density at radius 1 is 1.17 bits per heavy atom. The molecular formula is C21H21NO5S2. The molecule has 1 N–H and O–H groups in total. The lowest BCUT2D eigenvalue weighted by atomic mass is 9.95. The molecule has 152 valence electrons. The summed E-state index contributed by atoms with van der Waals surface area (Å²) < 4.78 is 29.8. The zero-order valence-corrected chi connectivity index (χ0v) is 17.6. The van der Waals surface area contributed by atoms with E-state index in [1.165, 1.54) is 11.3 Å². The van der Waals surface area contributed by atoms with Gasteiger partial charge in [0.15, 0.2) is 15.7 Å². The fourth-order valence-corrected chi connectivity index (χ4v) is 7.68. The van der Waals surface area contributed by atoms with Crippen molar-refractivity contribution in [3.8, 4) is 21.7 Å². The van der Waals surface area contributed by atoms with Gasteiger partial charge in [-0.05, 0) is 30.5 Å². The number of aryl methyl sites for hydroxylation is 1. The van der Waals surface area contributed by atoms with Crippen molar-refractivity contribution >= 4 is 27.1 Å². The number of carboxylic acids is 1. The largest absolute Gasteiger partial charge is 0.481 e. The number of aliphatic carboxylic acids is 1. The molecule has 2 aromatic heterocycles. The highest BCUT2D eigenvalue weighted by molar-refractivity contribution is 7.92. The molecule has 29 heavy (non-hydrogen) atoms. The van der Waals surface area contributed by atoms with Crippen molar-refractivity contribution in [3.63, 3.8) is 0 Å². The third-order valence-electron chi connectivity index (χ3n) is 5.42. The van der Waals surface area contributed by atoms with E-state index in [1.54, 1.807) is 19.3 Å². The van der Waals surface area contributed by atoms with Crippen LogP contribution >= 0.6 is 11.3 Å². The molecule has 1 aliphatic heterocycles. The molecule has 0 aliphatic carbocycles. The quantitative estimate of drug-likeness (QED) is 0.632. The molecule has 1 saturated heterocycles. The van der Waals surface area contributed by atoms with Crippen LogP contribution in [0.2, 0.25) is 0 Å². The summed E-state index contributed by atoms with van der Waals surface area (Å²) in [5.74, 6) is -0.443. The molecule has 3 aromatic rings. The van der Waals surface area contributed by atoms with Crippen LogP contribution in [-0.4, -0.2) is 30.2 Å². The Labute approximate surface area is 173 Å². The third kappa shape index (κ3) is 3.62. The predicted octanol–water partition coefficient (Wildman–Crippen LogP) is 4.65.